The quantitative estimate of drug-likeness (QED) is 0.646. The van der Waals surface area contributed by atoms with Crippen molar-refractivity contribution in [3.8, 4) is 11.4 Å². The molecule has 0 atom stereocenters. The molecule has 1 saturated heterocycles. The van der Waals surface area contributed by atoms with E-state index in [2.05, 4.69) is 25.5 Å². The van der Waals surface area contributed by atoms with Crippen molar-refractivity contribution >= 4 is 21.6 Å². The molecule has 0 aliphatic carbocycles. The Kier molecular flexibility index (Phi) is 5.60. The van der Waals surface area contributed by atoms with Gasteiger partial charge >= 0.3 is 0 Å². The van der Waals surface area contributed by atoms with Crippen LogP contribution in [0.3, 0.4) is 0 Å². The van der Waals surface area contributed by atoms with Gasteiger partial charge in [-0.15, -0.1) is 0 Å². The molecule has 1 aliphatic rings. The molecule has 2 N–H and O–H groups in total. The van der Waals surface area contributed by atoms with E-state index < -0.39 is 10.0 Å². The number of aromatic nitrogens is 4. The topological polar surface area (TPSA) is 121 Å². The lowest BCUT2D eigenvalue weighted by atomic mass is 9.97. The van der Waals surface area contributed by atoms with Gasteiger partial charge in [0, 0.05) is 49.6 Å². The molecule has 0 spiro atoms. The molecule has 10 heteroatoms. The van der Waals surface area contributed by atoms with E-state index in [0.717, 1.165) is 11.4 Å². The fourth-order valence-corrected chi connectivity index (χ4v) is 4.99. The monoisotopic (exact) mass is 426 g/mol. The first-order chi connectivity index (χ1) is 14.4. The number of rotatable bonds is 5. The van der Waals surface area contributed by atoms with E-state index in [4.69, 9.17) is 0 Å². The molecule has 4 rings (SSSR count). The molecule has 0 radical (unpaired) electrons. The number of benzene rings is 1. The first kappa shape index (κ1) is 20.2. The number of hydrogen-bond acceptors (Lipinski definition) is 6. The molecule has 0 saturated carbocycles. The molecule has 3 heterocycles. The maximum atomic E-state index is 12.9. The molecular formula is C20H22N6O3S. The minimum absolute atomic E-state index is 0.127. The highest BCUT2D eigenvalue weighted by Gasteiger charge is 2.31. The van der Waals surface area contributed by atoms with Gasteiger partial charge in [0.25, 0.3) is 0 Å². The third-order valence-electron chi connectivity index (χ3n) is 5.09. The number of carbonyl (C=O) groups excluding carboxylic acids is 1. The number of pyridine rings is 1. The zero-order valence-electron chi connectivity index (χ0n) is 16.4. The Hall–Kier alpha value is -3.11. The van der Waals surface area contributed by atoms with Crippen molar-refractivity contribution in [3.63, 3.8) is 0 Å². The number of nitrogens with zero attached hydrogens (tertiary/aromatic N) is 4. The summed E-state index contributed by atoms with van der Waals surface area (Å²) in [6.07, 6.45) is 4.71. The van der Waals surface area contributed by atoms with Crippen LogP contribution in [0.1, 0.15) is 31.5 Å². The number of anilines is 1. The summed E-state index contributed by atoms with van der Waals surface area (Å²) in [5.74, 6) is 1.31. The normalized spacial score (nSPS) is 15.8. The summed E-state index contributed by atoms with van der Waals surface area (Å²) in [6, 6.07) is 9.92. The Morgan fingerprint density at radius 2 is 1.77 bits per heavy atom. The van der Waals surface area contributed by atoms with E-state index in [9.17, 15) is 13.2 Å². The molecule has 156 valence electrons. The molecular weight excluding hydrogens is 404 g/mol. The zero-order chi connectivity index (χ0) is 21.1. The van der Waals surface area contributed by atoms with Crippen LogP contribution in [-0.2, 0) is 14.8 Å². The van der Waals surface area contributed by atoms with Gasteiger partial charge in [0.15, 0.2) is 5.82 Å². The summed E-state index contributed by atoms with van der Waals surface area (Å²) >= 11 is 0. The Balaban J connectivity index is 1.41. The first-order valence-corrected chi connectivity index (χ1v) is 11.1. The van der Waals surface area contributed by atoms with Crippen LogP contribution in [0.15, 0.2) is 53.7 Å². The van der Waals surface area contributed by atoms with Crippen molar-refractivity contribution in [2.75, 3.05) is 18.4 Å². The summed E-state index contributed by atoms with van der Waals surface area (Å²) in [5, 5.41) is 9.91. The van der Waals surface area contributed by atoms with Crippen LogP contribution in [0.25, 0.3) is 11.4 Å². The van der Waals surface area contributed by atoms with Gasteiger partial charge in [-0.2, -0.15) is 9.40 Å². The summed E-state index contributed by atoms with van der Waals surface area (Å²) in [4.78, 5) is 19.9. The summed E-state index contributed by atoms with van der Waals surface area (Å²) in [6.45, 7) is 2.22. The van der Waals surface area contributed by atoms with Gasteiger partial charge in [0.1, 0.15) is 5.82 Å². The molecule has 1 fully saturated rings. The van der Waals surface area contributed by atoms with Crippen LogP contribution in [0, 0.1) is 0 Å². The smallest absolute Gasteiger partial charge is 0.243 e. The Labute approximate surface area is 174 Å². The Bertz CT molecular complexity index is 1120. The number of nitrogens with one attached hydrogen (secondary N) is 2. The second kappa shape index (κ2) is 8.33. The maximum Gasteiger partial charge on any atom is 0.243 e. The average Bonchev–Trinajstić information content (AvgIpc) is 3.25. The number of carbonyl (C=O) groups is 1. The van der Waals surface area contributed by atoms with Crippen molar-refractivity contribution in [3.05, 3.63) is 54.6 Å². The zero-order valence-corrected chi connectivity index (χ0v) is 17.3. The molecule has 0 unspecified atom stereocenters. The van der Waals surface area contributed by atoms with Gasteiger partial charge in [-0.1, -0.05) is 0 Å². The standard InChI is InChI=1S/C20H22N6O3S/c1-14(27)22-17-2-4-18(5-3-17)30(28,29)26-12-8-16(9-13-26)20-23-19(24-25-20)15-6-10-21-11-7-15/h2-7,10-11,16H,8-9,12-13H2,1H3,(H,22,27)(H,23,24,25). The highest BCUT2D eigenvalue weighted by molar-refractivity contribution is 7.89. The number of H-pyrrole nitrogens is 1. The van der Waals surface area contributed by atoms with Crippen LogP contribution in [0.5, 0.6) is 0 Å². The summed E-state index contributed by atoms with van der Waals surface area (Å²) in [7, 11) is -3.58. The van der Waals surface area contributed by atoms with Gasteiger partial charge in [-0.25, -0.2) is 13.4 Å². The van der Waals surface area contributed by atoms with E-state index in [1.54, 1.807) is 24.5 Å². The summed E-state index contributed by atoms with van der Waals surface area (Å²) in [5.41, 5.74) is 1.45. The van der Waals surface area contributed by atoms with Gasteiger partial charge < -0.3 is 5.32 Å². The molecule has 9 nitrogen and oxygen atoms in total. The highest BCUT2D eigenvalue weighted by atomic mass is 32.2. The molecule has 1 aromatic carbocycles. The van der Waals surface area contributed by atoms with E-state index in [1.165, 1.54) is 23.4 Å². The molecule has 3 aromatic rings. The SMILES string of the molecule is CC(=O)Nc1ccc(S(=O)(=O)N2CCC(c3nc(-c4ccncc4)n[nH]3)CC2)cc1. The highest BCUT2D eigenvalue weighted by Crippen LogP contribution is 2.30. The fraction of sp³-hybridized carbons (Fsp3) is 0.300. The molecule has 30 heavy (non-hydrogen) atoms. The minimum Gasteiger partial charge on any atom is -0.326 e. The predicted octanol–water partition coefficient (Wildman–Crippen LogP) is 2.39. The van der Waals surface area contributed by atoms with E-state index >= 15 is 0 Å². The van der Waals surface area contributed by atoms with Crippen molar-refractivity contribution < 1.29 is 13.2 Å². The van der Waals surface area contributed by atoms with E-state index in [-0.39, 0.29) is 16.7 Å². The number of aromatic amines is 1. The van der Waals surface area contributed by atoms with Crippen LogP contribution >= 0.6 is 0 Å². The lowest BCUT2D eigenvalue weighted by molar-refractivity contribution is -0.114. The second-order valence-corrected chi connectivity index (χ2v) is 9.10. The van der Waals surface area contributed by atoms with Crippen molar-refractivity contribution in [1.29, 1.82) is 0 Å². The average molecular weight is 427 g/mol. The van der Waals surface area contributed by atoms with E-state index in [0.29, 0.717) is 37.4 Å². The Morgan fingerprint density at radius 3 is 2.40 bits per heavy atom. The van der Waals surface area contributed by atoms with Crippen molar-refractivity contribution in [2.45, 2.75) is 30.6 Å². The van der Waals surface area contributed by atoms with Crippen LogP contribution in [-0.4, -0.2) is 51.9 Å². The fourth-order valence-electron chi connectivity index (χ4n) is 3.52. The second-order valence-electron chi connectivity index (χ2n) is 7.16. The van der Waals surface area contributed by atoms with Crippen LogP contribution in [0.4, 0.5) is 5.69 Å². The molecule has 1 aliphatic heterocycles. The predicted molar refractivity (Wildman–Crippen MR) is 111 cm³/mol. The Morgan fingerprint density at radius 1 is 1.10 bits per heavy atom. The lowest BCUT2D eigenvalue weighted by Gasteiger charge is -2.30. The molecule has 0 bridgehead atoms. The number of amides is 1. The first-order valence-electron chi connectivity index (χ1n) is 9.64. The number of piperidine rings is 1. The van der Waals surface area contributed by atoms with Crippen molar-refractivity contribution in [1.82, 2.24) is 24.5 Å². The third-order valence-corrected chi connectivity index (χ3v) is 7.01. The van der Waals surface area contributed by atoms with Gasteiger partial charge in [-0.3, -0.25) is 14.9 Å². The van der Waals surface area contributed by atoms with Crippen molar-refractivity contribution in [2.24, 2.45) is 0 Å². The number of sulfonamides is 1. The molecule has 2 aromatic heterocycles. The number of hydrogen-bond donors (Lipinski definition) is 2. The minimum atomic E-state index is -3.58. The van der Waals surface area contributed by atoms with Crippen LogP contribution in [0.2, 0.25) is 0 Å². The van der Waals surface area contributed by atoms with Gasteiger partial charge in [0.2, 0.25) is 15.9 Å². The maximum absolute atomic E-state index is 12.9. The molecule has 1 amide bonds. The van der Waals surface area contributed by atoms with Crippen LogP contribution < -0.4 is 5.32 Å². The van der Waals surface area contributed by atoms with Gasteiger partial charge in [0.05, 0.1) is 4.90 Å². The lowest BCUT2D eigenvalue weighted by Crippen LogP contribution is -2.38. The summed E-state index contributed by atoms with van der Waals surface area (Å²) < 4.78 is 27.4. The van der Waals surface area contributed by atoms with E-state index in [1.807, 2.05) is 12.1 Å². The third kappa shape index (κ3) is 4.24. The van der Waals surface area contributed by atoms with Gasteiger partial charge in [-0.05, 0) is 49.2 Å². The largest absolute Gasteiger partial charge is 0.326 e.